The highest BCUT2D eigenvalue weighted by Crippen LogP contribution is 2.37. The van der Waals surface area contributed by atoms with Gasteiger partial charge in [0.25, 0.3) is 0 Å². The molecule has 0 aliphatic heterocycles. The van der Waals surface area contributed by atoms with E-state index in [0.29, 0.717) is 5.82 Å². The number of hydrogen-bond acceptors (Lipinski definition) is 4. The summed E-state index contributed by atoms with van der Waals surface area (Å²) in [5, 5.41) is 9.06. The topological polar surface area (TPSA) is 68.9 Å². The van der Waals surface area contributed by atoms with Crippen molar-refractivity contribution in [1.82, 2.24) is 19.7 Å². The van der Waals surface area contributed by atoms with Gasteiger partial charge in [0.2, 0.25) is 5.91 Å². The Hall–Kier alpha value is -2.74. The maximum Gasteiger partial charge on any atom is 0.346 e. The minimum Gasteiger partial charge on any atom is -0.350 e. The highest BCUT2D eigenvalue weighted by Gasteiger charge is 2.31. The maximum absolute atomic E-state index is 12.9. The molecule has 8 heteroatoms. The van der Waals surface area contributed by atoms with E-state index in [1.807, 2.05) is 17.5 Å². The fourth-order valence-electron chi connectivity index (χ4n) is 2.75. The number of carbonyl (C=O) groups excluding carboxylic acids is 1. The van der Waals surface area contributed by atoms with Crippen LogP contribution >= 0.6 is 11.3 Å². The van der Waals surface area contributed by atoms with E-state index in [0.717, 1.165) is 23.3 Å². The van der Waals surface area contributed by atoms with E-state index in [1.54, 1.807) is 16.7 Å². The van der Waals surface area contributed by atoms with E-state index < -0.39 is 0 Å². The second kappa shape index (κ2) is 6.87. The molecule has 0 atom stereocenters. The summed E-state index contributed by atoms with van der Waals surface area (Å²) in [5.74, 6) is -0.00760. The van der Waals surface area contributed by atoms with Crippen molar-refractivity contribution in [3.8, 4) is 10.7 Å². The summed E-state index contributed by atoms with van der Waals surface area (Å²) < 4.78 is 15.8. The van der Waals surface area contributed by atoms with Gasteiger partial charge in [0.15, 0.2) is 5.82 Å². The summed E-state index contributed by atoms with van der Waals surface area (Å²) in [6.45, 7) is 0.132. The zero-order chi connectivity index (χ0) is 18.1. The minimum atomic E-state index is -0.321. The number of benzene rings is 1. The molecule has 1 fully saturated rings. The Morgan fingerprint density at radius 2 is 2.04 bits per heavy atom. The Morgan fingerprint density at radius 3 is 2.69 bits per heavy atom. The van der Waals surface area contributed by atoms with Gasteiger partial charge >= 0.3 is 5.69 Å². The first kappa shape index (κ1) is 16.7. The molecule has 4 rings (SSSR count). The van der Waals surface area contributed by atoms with Crippen molar-refractivity contribution in [3.05, 3.63) is 63.6 Å². The van der Waals surface area contributed by atoms with Crippen LogP contribution < -0.4 is 11.0 Å². The molecule has 0 saturated heterocycles. The van der Waals surface area contributed by atoms with Crippen LogP contribution in [0.15, 0.2) is 46.6 Å². The summed E-state index contributed by atoms with van der Waals surface area (Å²) in [4.78, 5) is 25.8. The van der Waals surface area contributed by atoms with Crippen molar-refractivity contribution in [2.45, 2.75) is 32.0 Å². The minimum absolute atomic E-state index is 0.141. The molecule has 1 saturated carbocycles. The van der Waals surface area contributed by atoms with Crippen LogP contribution in [0.1, 0.15) is 24.4 Å². The molecule has 2 aromatic heterocycles. The second-order valence-electron chi connectivity index (χ2n) is 6.25. The molecule has 6 nitrogen and oxygen atoms in total. The summed E-state index contributed by atoms with van der Waals surface area (Å²) in [5.41, 5.74) is 0.530. The van der Waals surface area contributed by atoms with Crippen LogP contribution in [0.4, 0.5) is 4.39 Å². The third kappa shape index (κ3) is 3.45. The number of amides is 1. The first-order valence-electron chi connectivity index (χ1n) is 8.36. The fourth-order valence-corrected chi connectivity index (χ4v) is 3.46. The first-order chi connectivity index (χ1) is 12.6. The Morgan fingerprint density at radius 1 is 1.27 bits per heavy atom. The molecule has 134 valence electrons. The molecular weight excluding hydrogens is 355 g/mol. The maximum atomic E-state index is 12.9. The van der Waals surface area contributed by atoms with E-state index in [-0.39, 0.29) is 36.5 Å². The lowest BCUT2D eigenvalue weighted by Gasteiger charge is -2.05. The van der Waals surface area contributed by atoms with Gasteiger partial charge in [0.05, 0.1) is 4.88 Å². The summed E-state index contributed by atoms with van der Waals surface area (Å²) in [6, 6.07) is 9.92. The largest absolute Gasteiger partial charge is 0.350 e. The Kier molecular flexibility index (Phi) is 4.42. The van der Waals surface area contributed by atoms with Gasteiger partial charge in [0.1, 0.15) is 12.4 Å². The van der Waals surface area contributed by atoms with E-state index in [4.69, 9.17) is 0 Å². The Balaban J connectivity index is 1.49. The monoisotopic (exact) mass is 372 g/mol. The lowest BCUT2D eigenvalue weighted by Crippen LogP contribution is -2.33. The van der Waals surface area contributed by atoms with Gasteiger partial charge < -0.3 is 5.32 Å². The van der Waals surface area contributed by atoms with Crippen molar-refractivity contribution in [2.75, 3.05) is 0 Å². The summed E-state index contributed by atoms with van der Waals surface area (Å²) in [7, 11) is 0. The highest BCUT2D eigenvalue weighted by molar-refractivity contribution is 7.13. The molecule has 26 heavy (non-hydrogen) atoms. The number of aromatic nitrogens is 3. The molecule has 1 aliphatic rings. The zero-order valence-corrected chi connectivity index (χ0v) is 14.7. The standard InChI is InChI=1S/C18H17FN4O2S/c19-13-5-3-12(4-6-13)10-20-16(24)11-22-18(25)23(14-7-8-14)17(21-22)15-2-1-9-26-15/h1-6,9,14H,7-8,10-11H2,(H,20,24). The van der Waals surface area contributed by atoms with E-state index >= 15 is 0 Å². The number of hydrogen-bond donors (Lipinski definition) is 1. The van der Waals surface area contributed by atoms with Crippen LogP contribution in [-0.4, -0.2) is 20.3 Å². The average Bonchev–Trinajstić information content (AvgIpc) is 3.21. The molecule has 1 aromatic carbocycles. The summed E-state index contributed by atoms with van der Waals surface area (Å²) in [6.07, 6.45) is 1.92. The number of nitrogens with one attached hydrogen (secondary N) is 1. The zero-order valence-electron chi connectivity index (χ0n) is 13.9. The predicted molar refractivity (Wildman–Crippen MR) is 96.3 cm³/mol. The number of halogens is 1. The molecule has 3 aromatic rings. The van der Waals surface area contributed by atoms with E-state index in [2.05, 4.69) is 10.4 Å². The van der Waals surface area contributed by atoms with Crippen LogP contribution in [0.5, 0.6) is 0 Å². The van der Waals surface area contributed by atoms with Crippen LogP contribution in [-0.2, 0) is 17.9 Å². The van der Waals surface area contributed by atoms with Crippen LogP contribution in [0.25, 0.3) is 10.7 Å². The lowest BCUT2D eigenvalue weighted by molar-refractivity contribution is -0.122. The lowest BCUT2D eigenvalue weighted by atomic mass is 10.2. The van der Waals surface area contributed by atoms with E-state index in [1.165, 1.54) is 28.2 Å². The molecule has 1 aliphatic carbocycles. The number of nitrogens with zero attached hydrogens (tertiary/aromatic N) is 3. The first-order valence-corrected chi connectivity index (χ1v) is 9.24. The number of carbonyl (C=O) groups is 1. The van der Waals surface area contributed by atoms with Crippen molar-refractivity contribution in [1.29, 1.82) is 0 Å². The van der Waals surface area contributed by atoms with Gasteiger partial charge in [-0.2, -0.15) is 0 Å². The van der Waals surface area contributed by atoms with Gasteiger partial charge in [-0.1, -0.05) is 18.2 Å². The molecule has 0 unspecified atom stereocenters. The molecular formula is C18H17FN4O2S. The third-order valence-corrected chi connectivity index (χ3v) is 5.09. The normalized spacial score (nSPS) is 13.7. The smallest absolute Gasteiger partial charge is 0.346 e. The van der Waals surface area contributed by atoms with Gasteiger partial charge in [0, 0.05) is 12.6 Å². The Bertz CT molecular complexity index is 972. The highest BCUT2D eigenvalue weighted by atomic mass is 32.1. The molecule has 2 heterocycles. The van der Waals surface area contributed by atoms with Crippen LogP contribution in [0.3, 0.4) is 0 Å². The van der Waals surface area contributed by atoms with Crippen molar-refractivity contribution < 1.29 is 9.18 Å². The SMILES string of the molecule is O=C(Cn1nc(-c2cccs2)n(C2CC2)c1=O)NCc1ccc(F)cc1. The van der Waals surface area contributed by atoms with Gasteiger partial charge in [-0.25, -0.2) is 13.9 Å². The molecule has 0 bridgehead atoms. The van der Waals surface area contributed by atoms with E-state index in [9.17, 15) is 14.0 Å². The van der Waals surface area contributed by atoms with Gasteiger partial charge in [-0.05, 0) is 42.0 Å². The molecule has 0 spiro atoms. The molecule has 1 amide bonds. The molecule has 1 N–H and O–H groups in total. The Labute approximate surface area is 152 Å². The van der Waals surface area contributed by atoms with Crippen molar-refractivity contribution in [3.63, 3.8) is 0 Å². The predicted octanol–water partition coefficient (Wildman–Crippen LogP) is 2.56. The van der Waals surface area contributed by atoms with Gasteiger partial charge in [-0.3, -0.25) is 9.36 Å². The van der Waals surface area contributed by atoms with Crippen LogP contribution in [0, 0.1) is 5.82 Å². The van der Waals surface area contributed by atoms with Crippen molar-refractivity contribution in [2.24, 2.45) is 0 Å². The second-order valence-corrected chi connectivity index (χ2v) is 7.19. The third-order valence-electron chi connectivity index (χ3n) is 4.22. The van der Waals surface area contributed by atoms with Crippen LogP contribution in [0.2, 0.25) is 0 Å². The quantitative estimate of drug-likeness (QED) is 0.723. The summed E-state index contributed by atoms with van der Waals surface area (Å²) >= 11 is 1.52. The van der Waals surface area contributed by atoms with Gasteiger partial charge in [-0.15, -0.1) is 16.4 Å². The van der Waals surface area contributed by atoms with Crippen molar-refractivity contribution >= 4 is 17.2 Å². The average molecular weight is 372 g/mol. The molecule has 0 radical (unpaired) electrons. The number of thiophene rings is 1. The number of rotatable bonds is 6. The fraction of sp³-hybridized carbons (Fsp3) is 0.278.